The maximum atomic E-state index is 12.2. The van der Waals surface area contributed by atoms with Crippen LogP contribution < -0.4 is 4.74 Å². The number of benzene rings is 1. The summed E-state index contributed by atoms with van der Waals surface area (Å²) in [6.45, 7) is 2.56. The highest BCUT2D eigenvalue weighted by atomic mass is 32.1. The van der Waals surface area contributed by atoms with Crippen molar-refractivity contribution in [3.8, 4) is 5.75 Å². The van der Waals surface area contributed by atoms with Crippen LogP contribution in [0.25, 0.3) is 6.08 Å². The van der Waals surface area contributed by atoms with Gasteiger partial charge in [0, 0.05) is 17.6 Å². The predicted molar refractivity (Wildman–Crippen MR) is 90.8 cm³/mol. The lowest BCUT2D eigenvalue weighted by Crippen LogP contribution is -1.95. The molecule has 2 aromatic rings. The van der Waals surface area contributed by atoms with Gasteiger partial charge in [0.25, 0.3) is 0 Å². The fourth-order valence-electron chi connectivity index (χ4n) is 2.12. The molecule has 0 unspecified atom stereocenters. The van der Waals surface area contributed by atoms with E-state index < -0.39 is 0 Å². The number of aryl methyl sites for hydroxylation is 1. The number of hydrogen-bond donors (Lipinski definition) is 0. The minimum Gasteiger partial charge on any atom is -0.496 e. The summed E-state index contributed by atoms with van der Waals surface area (Å²) >= 11 is 1.55. The molecular weight excluding hydrogens is 296 g/mol. The van der Waals surface area contributed by atoms with Crippen LogP contribution >= 0.6 is 11.3 Å². The average Bonchev–Trinajstić information content (AvgIpc) is 3.02. The maximum Gasteiger partial charge on any atom is 0.195 e. The van der Waals surface area contributed by atoms with E-state index >= 15 is 0 Å². The van der Waals surface area contributed by atoms with Crippen molar-refractivity contribution in [2.24, 2.45) is 0 Å². The smallest absolute Gasteiger partial charge is 0.195 e. The Kier molecular flexibility index (Phi) is 5.92. The van der Waals surface area contributed by atoms with Crippen LogP contribution in [0.5, 0.6) is 5.75 Å². The molecule has 0 bridgehead atoms. The molecule has 3 nitrogen and oxygen atoms in total. The largest absolute Gasteiger partial charge is 0.496 e. The Labute approximate surface area is 135 Å². The molecule has 2 rings (SSSR count). The zero-order chi connectivity index (χ0) is 15.9. The highest BCUT2D eigenvalue weighted by Crippen LogP contribution is 2.22. The van der Waals surface area contributed by atoms with E-state index in [1.807, 2.05) is 36.4 Å². The van der Waals surface area contributed by atoms with Gasteiger partial charge >= 0.3 is 0 Å². The molecule has 1 aromatic carbocycles. The minimum absolute atomic E-state index is 0.0359. The van der Waals surface area contributed by atoms with Crippen molar-refractivity contribution in [2.45, 2.75) is 20.0 Å². The summed E-state index contributed by atoms with van der Waals surface area (Å²) in [5, 5.41) is 0. The van der Waals surface area contributed by atoms with E-state index in [-0.39, 0.29) is 5.78 Å². The van der Waals surface area contributed by atoms with Crippen LogP contribution in [0.3, 0.4) is 0 Å². The molecule has 1 aromatic heterocycles. The Bertz CT molecular complexity index is 671. The monoisotopic (exact) mass is 316 g/mol. The van der Waals surface area contributed by atoms with E-state index in [4.69, 9.17) is 9.47 Å². The lowest BCUT2D eigenvalue weighted by atomic mass is 10.1. The van der Waals surface area contributed by atoms with E-state index in [9.17, 15) is 4.79 Å². The molecule has 0 amide bonds. The fraction of sp³-hybridized carbons (Fsp3) is 0.278. The first-order valence-corrected chi connectivity index (χ1v) is 7.96. The number of carbonyl (C=O) groups is 1. The van der Waals surface area contributed by atoms with E-state index in [1.54, 1.807) is 31.6 Å². The molecule has 0 atom stereocenters. The van der Waals surface area contributed by atoms with Gasteiger partial charge in [0.2, 0.25) is 0 Å². The number of ketones is 1. The van der Waals surface area contributed by atoms with Crippen molar-refractivity contribution in [3.05, 3.63) is 57.3 Å². The minimum atomic E-state index is 0.0359. The van der Waals surface area contributed by atoms with Gasteiger partial charge in [-0.2, -0.15) is 0 Å². The van der Waals surface area contributed by atoms with Crippen molar-refractivity contribution >= 4 is 23.2 Å². The quantitative estimate of drug-likeness (QED) is 0.562. The fourth-order valence-corrected chi connectivity index (χ4v) is 2.99. The molecule has 0 saturated carbocycles. The van der Waals surface area contributed by atoms with Gasteiger partial charge in [-0.1, -0.05) is 19.1 Å². The molecule has 116 valence electrons. The second kappa shape index (κ2) is 7.92. The predicted octanol–water partition coefficient (Wildman–Crippen LogP) is 4.36. The normalized spacial score (nSPS) is 11.0. The topological polar surface area (TPSA) is 35.5 Å². The molecule has 0 fully saturated rings. The van der Waals surface area contributed by atoms with Crippen LogP contribution in [-0.4, -0.2) is 20.0 Å². The Balaban J connectivity index is 2.15. The summed E-state index contributed by atoms with van der Waals surface area (Å²) in [4.78, 5) is 14.2. The van der Waals surface area contributed by atoms with Gasteiger partial charge in [-0.05, 0) is 42.3 Å². The number of rotatable bonds is 7. The summed E-state index contributed by atoms with van der Waals surface area (Å²) in [5.41, 5.74) is 1.91. The van der Waals surface area contributed by atoms with Crippen molar-refractivity contribution < 1.29 is 14.3 Å². The van der Waals surface area contributed by atoms with E-state index in [1.165, 1.54) is 4.88 Å². The molecule has 0 N–H and O–H groups in total. The molecule has 0 spiro atoms. The molecular formula is C18H20O3S. The van der Waals surface area contributed by atoms with Gasteiger partial charge < -0.3 is 9.47 Å². The Hall–Kier alpha value is -1.91. The number of methoxy groups -OCH3 is 2. The third-order valence-electron chi connectivity index (χ3n) is 3.28. The molecule has 0 radical (unpaired) electrons. The Morgan fingerprint density at radius 2 is 2.05 bits per heavy atom. The van der Waals surface area contributed by atoms with Gasteiger partial charge in [-0.3, -0.25) is 4.79 Å². The average molecular weight is 316 g/mol. The van der Waals surface area contributed by atoms with Gasteiger partial charge in [0.1, 0.15) is 5.75 Å². The Morgan fingerprint density at radius 1 is 1.23 bits per heavy atom. The van der Waals surface area contributed by atoms with Crippen LogP contribution in [0.4, 0.5) is 0 Å². The number of thiophene rings is 1. The Morgan fingerprint density at radius 3 is 2.68 bits per heavy atom. The summed E-state index contributed by atoms with van der Waals surface area (Å²) in [5.74, 6) is 0.824. The second-order valence-corrected chi connectivity index (χ2v) is 5.99. The summed E-state index contributed by atoms with van der Waals surface area (Å²) in [6.07, 6.45) is 4.40. The molecule has 0 aliphatic heterocycles. The van der Waals surface area contributed by atoms with Crippen molar-refractivity contribution in [1.82, 2.24) is 0 Å². The van der Waals surface area contributed by atoms with Crippen LogP contribution in [0.1, 0.15) is 32.6 Å². The SMILES string of the molecule is CCc1ccc(C(=O)/C=C/c2ccc(OC)c(COC)c2)s1. The molecule has 0 saturated heterocycles. The molecule has 22 heavy (non-hydrogen) atoms. The molecule has 4 heteroatoms. The highest BCUT2D eigenvalue weighted by molar-refractivity contribution is 7.14. The first-order chi connectivity index (χ1) is 10.7. The maximum absolute atomic E-state index is 12.2. The first-order valence-electron chi connectivity index (χ1n) is 7.15. The molecule has 0 aliphatic carbocycles. The zero-order valence-electron chi connectivity index (χ0n) is 13.1. The molecule has 1 heterocycles. The van der Waals surface area contributed by atoms with Crippen LogP contribution in [0.15, 0.2) is 36.4 Å². The standard InChI is InChI=1S/C18H20O3S/c1-4-15-7-10-18(22-15)16(19)8-5-13-6-9-17(21-3)14(11-13)12-20-2/h5-11H,4,12H2,1-3H3/b8-5+. The van der Waals surface area contributed by atoms with Gasteiger partial charge in [0.15, 0.2) is 5.78 Å². The van der Waals surface area contributed by atoms with Crippen molar-refractivity contribution in [2.75, 3.05) is 14.2 Å². The summed E-state index contributed by atoms with van der Waals surface area (Å²) < 4.78 is 10.5. The van der Waals surface area contributed by atoms with E-state index in [0.717, 1.165) is 28.2 Å². The van der Waals surface area contributed by atoms with Crippen LogP contribution in [0, 0.1) is 0 Å². The third kappa shape index (κ3) is 4.06. The van der Waals surface area contributed by atoms with Crippen LogP contribution in [0.2, 0.25) is 0 Å². The van der Waals surface area contributed by atoms with Gasteiger partial charge in [0.05, 0.1) is 18.6 Å². The van der Waals surface area contributed by atoms with Crippen LogP contribution in [-0.2, 0) is 17.8 Å². The first kappa shape index (κ1) is 16.5. The van der Waals surface area contributed by atoms with Gasteiger partial charge in [-0.25, -0.2) is 0 Å². The summed E-state index contributed by atoms with van der Waals surface area (Å²) in [6, 6.07) is 9.68. The number of allylic oxidation sites excluding steroid dienone is 1. The van der Waals surface area contributed by atoms with E-state index in [2.05, 4.69) is 6.92 Å². The number of carbonyl (C=O) groups excluding carboxylic acids is 1. The summed E-state index contributed by atoms with van der Waals surface area (Å²) in [7, 11) is 3.28. The zero-order valence-corrected chi connectivity index (χ0v) is 13.9. The highest BCUT2D eigenvalue weighted by Gasteiger charge is 2.06. The van der Waals surface area contributed by atoms with Crippen molar-refractivity contribution in [3.63, 3.8) is 0 Å². The third-order valence-corrected chi connectivity index (χ3v) is 4.53. The molecule has 0 aliphatic rings. The lowest BCUT2D eigenvalue weighted by Gasteiger charge is -2.08. The van der Waals surface area contributed by atoms with E-state index in [0.29, 0.717) is 6.61 Å². The lowest BCUT2D eigenvalue weighted by molar-refractivity contribution is 0.105. The number of ether oxygens (including phenoxy) is 2. The van der Waals surface area contributed by atoms with Gasteiger partial charge in [-0.15, -0.1) is 11.3 Å². The number of hydrogen-bond acceptors (Lipinski definition) is 4. The second-order valence-electron chi connectivity index (χ2n) is 4.82. The van der Waals surface area contributed by atoms with Crippen molar-refractivity contribution in [1.29, 1.82) is 0 Å².